The Morgan fingerprint density at radius 1 is 1.21 bits per heavy atom. The average molecular weight is 365 g/mol. The lowest BCUT2D eigenvalue weighted by Crippen LogP contribution is -2.23. The third-order valence-electron chi connectivity index (χ3n) is 3.06. The molecule has 2 heterocycles. The number of sulfonamides is 1. The predicted molar refractivity (Wildman–Crippen MR) is 89.2 cm³/mol. The van der Waals surface area contributed by atoms with Gasteiger partial charge in [-0.05, 0) is 42.6 Å². The quantitative estimate of drug-likeness (QED) is 0.692. The lowest BCUT2D eigenvalue weighted by molar-refractivity contribution is 0.340. The van der Waals surface area contributed by atoms with E-state index in [1.165, 1.54) is 23.5 Å². The van der Waals surface area contributed by atoms with Crippen LogP contribution in [0.3, 0.4) is 0 Å². The molecule has 0 bridgehead atoms. The highest BCUT2D eigenvalue weighted by atomic mass is 32.2. The average Bonchev–Trinajstić information content (AvgIpc) is 3.25. The van der Waals surface area contributed by atoms with Gasteiger partial charge < -0.3 is 9.15 Å². The van der Waals surface area contributed by atoms with E-state index in [9.17, 15) is 8.42 Å². The molecule has 0 fully saturated rings. The van der Waals surface area contributed by atoms with E-state index in [2.05, 4.69) is 14.9 Å². The maximum atomic E-state index is 12.3. The van der Waals surface area contributed by atoms with Gasteiger partial charge in [0.05, 0.1) is 22.9 Å². The lowest BCUT2D eigenvalue weighted by Gasteiger charge is -2.06. The Hall–Kier alpha value is -2.23. The van der Waals surface area contributed by atoms with E-state index < -0.39 is 10.0 Å². The summed E-state index contributed by atoms with van der Waals surface area (Å²) < 4.78 is 37.7. The summed E-state index contributed by atoms with van der Waals surface area (Å²) in [6.07, 6.45) is 0. The standard InChI is InChI=1S/C15H15N3O4S2/c1-2-21-11-5-7-12(8-6-11)24(19,20)16-10-14-17-18-15(22-14)13-4-3-9-23-13/h3-9,16H,2,10H2,1H3. The van der Waals surface area contributed by atoms with E-state index in [0.717, 1.165) is 4.88 Å². The van der Waals surface area contributed by atoms with E-state index in [4.69, 9.17) is 9.15 Å². The van der Waals surface area contributed by atoms with Crippen LogP contribution in [0.1, 0.15) is 12.8 Å². The van der Waals surface area contributed by atoms with Gasteiger partial charge in [0.2, 0.25) is 15.9 Å². The van der Waals surface area contributed by atoms with Crippen LogP contribution >= 0.6 is 11.3 Å². The van der Waals surface area contributed by atoms with Crippen molar-refractivity contribution in [1.29, 1.82) is 0 Å². The summed E-state index contributed by atoms with van der Waals surface area (Å²) in [6.45, 7) is 2.31. The van der Waals surface area contributed by atoms with Gasteiger partial charge in [0.1, 0.15) is 5.75 Å². The maximum absolute atomic E-state index is 12.3. The molecule has 7 nitrogen and oxygen atoms in total. The summed E-state index contributed by atoms with van der Waals surface area (Å²) in [6, 6.07) is 9.92. The molecule has 0 aliphatic heterocycles. The highest BCUT2D eigenvalue weighted by Gasteiger charge is 2.16. The number of hydrogen-bond donors (Lipinski definition) is 1. The minimum atomic E-state index is -3.67. The molecule has 0 saturated heterocycles. The van der Waals surface area contributed by atoms with Crippen LogP contribution in [-0.4, -0.2) is 25.2 Å². The van der Waals surface area contributed by atoms with E-state index in [1.54, 1.807) is 12.1 Å². The van der Waals surface area contributed by atoms with Crippen molar-refractivity contribution in [3.63, 3.8) is 0 Å². The Balaban J connectivity index is 1.66. The van der Waals surface area contributed by atoms with Crippen molar-refractivity contribution in [1.82, 2.24) is 14.9 Å². The zero-order chi connectivity index (χ0) is 17.0. The number of nitrogens with zero attached hydrogens (tertiary/aromatic N) is 2. The molecule has 0 saturated carbocycles. The Labute approximate surface area is 143 Å². The molecule has 9 heteroatoms. The predicted octanol–water partition coefficient (Wildman–Crippen LogP) is 2.68. The second-order valence-corrected chi connectivity index (χ2v) is 7.42. The molecule has 0 aliphatic carbocycles. The fourth-order valence-electron chi connectivity index (χ4n) is 1.95. The van der Waals surface area contributed by atoms with Crippen LogP contribution in [0.2, 0.25) is 0 Å². The van der Waals surface area contributed by atoms with Gasteiger partial charge in [-0.15, -0.1) is 21.5 Å². The van der Waals surface area contributed by atoms with Crippen LogP contribution in [0.4, 0.5) is 0 Å². The summed E-state index contributed by atoms with van der Waals surface area (Å²) in [5.41, 5.74) is 0. The summed E-state index contributed by atoms with van der Waals surface area (Å²) >= 11 is 1.47. The van der Waals surface area contributed by atoms with Crippen molar-refractivity contribution >= 4 is 21.4 Å². The number of ether oxygens (including phenoxy) is 1. The summed E-state index contributed by atoms with van der Waals surface area (Å²) in [4.78, 5) is 0.979. The van der Waals surface area contributed by atoms with Gasteiger partial charge in [0.25, 0.3) is 5.89 Å². The third kappa shape index (κ3) is 3.81. The van der Waals surface area contributed by atoms with E-state index in [-0.39, 0.29) is 17.3 Å². The molecule has 1 aromatic carbocycles. The molecule has 2 aromatic heterocycles. The number of benzene rings is 1. The summed E-state index contributed by atoms with van der Waals surface area (Å²) in [5.74, 6) is 1.20. The lowest BCUT2D eigenvalue weighted by atomic mass is 10.3. The first kappa shape index (κ1) is 16.6. The molecule has 126 valence electrons. The molecule has 0 spiro atoms. The Bertz CT molecular complexity index is 887. The van der Waals surface area contributed by atoms with Gasteiger partial charge in [-0.25, -0.2) is 13.1 Å². The molecule has 0 atom stereocenters. The third-order valence-corrected chi connectivity index (χ3v) is 5.33. The first-order valence-electron chi connectivity index (χ1n) is 7.17. The molecule has 3 rings (SSSR count). The van der Waals surface area contributed by atoms with Crippen molar-refractivity contribution < 1.29 is 17.6 Å². The van der Waals surface area contributed by atoms with Crippen LogP contribution in [0.25, 0.3) is 10.8 Å². The second kappa shape index (κ2) is 7.12. The smallest absolute Gasteiger partial charge is 0.257 e. The molecule has 24 heavy (non-hydrogen) atoms. The van der Waals surface area contributed by atoms with Crippen LogP contribution < -0.4 is 9.46 Å². The van der Waals surface area contributed by atoms with Gasteiger partial charge >= 0.3 is 0 Å². The van der Waals surface area contributed by atoms with E-state index in [1.807, 2.05) is 24.4 Å². The van der Waals surface area contributed by atoms with Crippen LogP contribution in [0.5, 0.6) is 5.75 Å². The molecular weight excluding hydrogens is 350 g/mol. The zero-order valence-electron chi connectivity index (χ0n) is 12.8. The summed E-state index contributed by atoms with van der Waals surface area (Å²) in [5, 5.41) is 9.65. The van der Waals surface area contributed by atoms with E-state index >= 15 is 0 Å². The van der Waals surface area contributed by atoms with Crippen molar-refractivity contribution in [2.75, 3.05) is 6.61 Å². The molecule has 0 amide bonds. The zero-order valence-corrected chi connectivity index (χ0v) is 14.4. The fourth-order valence-corrected chi connectivity index (χ4v) is 3.57. The van der Waals surface area contributed by atoms with Gasteiger partial charge in [0.15, 0.2) is 0 Å². The molecule has 0 unspecified atom stereocenters. The molecule has 0 aliphatic rings. The fraction of sp³-hybridized carbons (Fsp3) is 0.200. The highest BCUT2D eigenvalue weighted by Crippen LogP contribution is 2.23. The van der Waals surface area contributed by atoms with Crippen molar-refractivity contribution in [2.24, 2.45) is 0 Å². The molecule has 0 radical (unpaired) electrons. The van der Waals surface area contributed by atoms with Gasteiger partial charge in [-0.3, -0.25) is 0 Å². The minimum absolute atomic E-state index is 0.0755. The first-order valence-corrected chi connectivity index (χ1v) is 9.53. The van der Waals surface area contributed by atoms with Crippen molar-refractivity contribution in [3.8, 4) is 16.5 Å². The SMILES string of the molecule is CCOc1ccc(S(=O)(=O)NCc2nnc(-c3cccs3)o2)cc1. The number of aromatic nitrogens is 2. The number of rotatable bonds is 7. The van der Waals surface area contributed by atoms with Gasteiger partial charge in [0, 0.05) is 0 Å². The molecular formula is C15H15N3O4S2. The second-order valence-electron chi connectivity index (χ2n) is 4.71. The Morgan fingerprint density at radius 2 is 2.00 bits per heavy atom. The van der Waals surface area contributed by atoms with Crippen molar-refractivity contribution in [3.05, 3.63) is 47.7 Å². The van der Waals surface area contributed by atoms with E-state index in [0.29, 0.717) is 18.2 Å². The Kier molecular flexibility index (Phi) is 4.93. The van der Waals surface area contributed by atoms with Crippen LogP contribution in [0, 0.1) is 0 Å². The number of thiophene rings is 1. The maximum Gasteiger partial charge on any atom is 0.257 e. The van der Waals surface area contributed by atoms with Crippen molar-refractivity contribution in [2.45, 2.75) is 18.4 Å². The largest absolute Gasteiger partial charge is 0.494 e. The minimum Gasteiger partial charge on any atom is -0.494 e. The number of hydrogen-bond acceptors (Lipinski definition) is 7. The Morgan fingerprint density at radius 3 is 2.67 bits per heavy atom. The number of nitrogens with one attached hydrogen (secondary N) is 1. The van der Waals surface area contributed by atoms with Gasteiger partial charge in [-0.2, -0.15) is 0 Å². The molecule has 1 N–H and O–H groups in total. The van der Waals surface area contributed by atoms with Gasteiger partial charge in [-0.1, -0.05) is 6.07 Å². The summed E-state index contributed by atoms with van der Waals surface area (Å²) in [7, 11) is -3.67. The normalized spacial score (nSPS) is 11.5. The highest BCUT2D eigenvalue weighted by molar-refractivity contribution is 7.89. The topological polar surface area (TPSA) is 94.3 Å². The first-order chi connectivity index (χ1) is 11.6. The molecule has 3 aromatic rings. The van der Waals surface area contributed by atoms with Crippen LogP contribution in [-0.2, 0) is 16.6 Å². The van der Waals surface area contributed by atoms with Crippen LogP contribution in [0.15, 0.2) is 51.1 Å². The monoisotopic (exact) mass is 365 g/mol.